The Morgan fingerprint density at radius 1 is 0.967 bits per heavy atom. The lowest BCUT2D eigenvalue weighted by atomic mass is 10.1. The van der Waals surface area contributed by atoms with E-state index in [1.54, 1.807) is 13.2 Å². The van der Waals surface area contributed by atoms with Gasteiger partial charge >= 0.3 is 0 Å². The van der Waals surface area contributed by atoms with Gasteiger partial charge in [-0.15, -0.1) is 0 Å². The van der Waals surface area contributed by atoms with E-state index in [1.807, 2.05) is 36.4 Å². The lowest BCUT2D eigenvalue weighted by Gasteiger charge is -2.15. The third-order valence-corrected chi connectivity index (χ3v) is 5.89. The number of methoxy groups -OCH3 is 1. The number of hydrogen-bond acceptors (Lipinski definition) is 3. The summed E-state index contributed by atoms with van der Waals surface area (Å²) in [5, 5.41) is 4.51. The molecule has 0 aliphatic carbocycles. The molecule has 3 aromatic carbocycles. The molecule has 0 saturated carbocycles. The van der Waals surface area contributed by atoms with E-state index in [4.69, 9.17) is 32.7 Å². The average Bonchev–Trinajstić information content (AvgIpc) is 2.73. The van der Waals surface area contributed by atoms with E-state index in [-0.39, 0.29) is 12.4 Å². The summed E-state index contributed by atoms with van der Waals surface area (Å²) in [7, 11) is 1.60. The molecule has 3 rings (SSSR count). The summed E-state index contributed by atoms with van der Waals surface area (Å²) in [6.07, 6.45) is 0.908. The highest BCUT2D eigenvalue weighted by atomic mass is 79.9. The zero-order valence-electron chi connectivity index (χ0n) is 16.4. The fourth-order valence-electron chi connectivity index (χ4n) is 2.89. The van der Waals surface area contributed by atoms with Crippen LogP contribution in [0.15, 0.2) is 59.1 Å². The maximum atomic E-state index is 13.2. The van der Waals surface area contributed by atoms with E-state index in [9.17, 15) is 4.39 Å². The van der Waals surface area contributed by atoms with Crippen LogP contribution in [0.5, 0.6) is 11.5 Å². The second kappa shape index (κ2) is 11.0. The number of benzene rings is 3. The van der Waals surface area contributed by atoms with Gasteiger partial charge in [-0.1, -0.05) is 57.3 Å². The molecule has 158 valence electrons. The second-order valence-electron chi connectivity index (χ2n) is 6.67. The first kappa shape index (κ1) is 22.9. The van der Waals surface area contributed by atoms with Crippen LogP contribution in [0.2, 0.25) is 10.0 Å². The largest absolute Gasteiger partial charge is 0.493 e. The quantitative estimate of drug-likeness (QED) is 0.319. The van der Waals surface area contributed by atoms with Crippen LogP contribution in [0.1, 0.15) is 16.7 Å². The lowest BCUT2D eigenvalue weighted by Crippen LogP contribution is -2.17. The zero-order chi connectivity index (χ0) is 21.5. The summed E-state index contributed by atoms with van der Waals surface area (Å²) in [6.45, 7) is 1.72. The summed E-state index contributed by atoms with van der Waals surface area (Å²) in [5.41, 5.74) is 2.98. The summed E-state index contributed by atoms with van der Waals surface area (Å²) >= 11 is 15.6. The van der Waals surface area contributed by atoms with Crippen molar-refractivity contribution in [3.63, 3.8) is 0 Å². The van der Waals surface area contributed by atoms with Crippen molar-refractivity contribution in [1.82, 2.24) is 5.32 Å². The van der Waals surface area contributed by atoms with Gasteiger partial charge in [0, 0.05) is 21.6 Å². The molecule has 0 aliphatic rings. The van der Waals surface area contributed by atoms with E-state index < -0.39 is 0 Å². The predicted molar refractivity (Wildman–Crippen MR) is 123 cm³/mol. The van der Waals surface area contributed by atoms with Gasteiger partial charge in [-0.2, -0.15) is 0 Å². The van der Waals surface area contributed by atoms with Gasteiger partial charge in [0.1, 0.15) is 12.4 Å². The van der Waals surface area contributed by atoms with Crippen molar-refractivity contribution in [1.29, 1.82) is 0 Å². The summed E-state index contributed by atoms with van der Waals surface area (Å²) in [6, 6.07) is 15.9. The minimum atomic E-state index is -0.378. The van der Waals surface area contributed by atoms with Gasteiger partial charge < -0.3 is 14.8 Å². The van der Waals surface area contributed by atoms with Crippen LogP contribution in [-0.4, -0.2) is 13.7 Å². The number of ether oxygens (including phenoxy) is 2. The van der Waals surface area contributed by atoms with E-state index in [0.717, 1.165) is 28.0 Å². The summed E-state index contributed by atoms with van der Waals surface area (Å²) in [5.74, 6) is 0.817. The fraction of sp³-hybridized carbons (Fsp3) is 0.217. The summed E-state index contributed by atoms with van der Waals surface area (Å²) < 4.78 is 25.5. The number of hydrogen-bond donors (Lipinski definition) is 1. The van der Waals surface area contributed by atoms with Crippen LogP contribution in [0.25, 0.3) is 0 Å². The minimum Gasteiger partial charge on any atom is -0.493 e. The van der Waals surface area contributed by atoms with Crippen molar-refractivity contribution >= 4 is 39.1 Å². The lowest BCUT2D eigenvalue weighted by molar-refractivity contribution is 0.284. The average molecular weight is 513 g/mol. The van der Waals surface area contributed by atoms with Gasteiger partial charge in [0.25, 0.3) is 0 Å². The highest BCUT2D eigenvalue weighted by molar-refractivity contribution is 9.10. The van der Waals surface area contributed by atoms with Crippen LogP contribution in [0, 0.1) is 5.82 Å². The normalized spacial score (nSPS) is 10.8. The van der Waals surface area contributed by atoms with Crippen molar-refractivity contribution in [3.05, 3.63) is 91.6 Å². The molecular weight excluding hydrogens is 492 g/mol. The van der Waals surface area contributed by atoms with E-state index in [0.29, 0.717) is 28.6 Å². The topological polar surface area (TPSA) is 30.5 Å². The molecule has 0 aliphatic heterocycles. The van der Waals surface area contributed by atoms with Crippen LogP contribution >= 0.6 is 39.1 Å². The molecule has 0 amide bonds. The Morgan fingerprint density at radius 2 is 1.73 bits per heavy atom. The van der Waals surface area contributed by atoms with Crippen molar-refractivity contribution < 1.29 is 13.9 Å². The number of rotatable bonds is 9. The molecule has 30 heavy (non-hydrogen) atoms. The van der Waals surface area contributed by atoms with Crippen LogP contribution in [0.4, 0.5) is 4.39 Å². The molecule has 0 radical (unpaired) electrons. The molecule has 3 aromatic rings. The van der Waals surface area contributed by atoms with Gasteiger partial charge in [-0.3, -0.25) is 0 Å². The molecule has 7 heteroatoms. The Hall–Kier alpha value is -1.79. The molecule has 0 atom stereocenters. The number of nitrogens with one attached hydrogen (secondary N) is 1. The summed E-state index contributed by atoms with van der Waals surface area (Å²) in [4.78, 5) is 0. The molecule has 0 bridgehead atoms. The maximum Gasteiger partial charge on any atom is 0.162 e. The van der Waals surface area contributed by atoms with Gasteiger partial charge in [0.15, 0.2) is 11.5 Å². The SMILES string of the molecule is COc1cc(CNCCc2ccc(Cl)cc2)c(Br)cc1OCc1ccc(F)cc1Cl. The maximum absolute atomic E-state index is 13.2. The zero-order valence-corrected chi connectivity index (χ0v) is 19.5. The molecule has 0 aromatic heterocycles. The van der Waals surface area contributed by atoms with Crippen LogP contribution in [-0.2, 0) is 19.6 Å². The van der Waals surface area contributed by atoms with Crippen molar-refractivity contribution in [3.8, 4) is 11.5 Å². The first-order valence-electron chi connectivity index (χ1n) is 9.34. The molecule has 3 nitrogen and oxygen atoms in total. The molecule has 0 saturated heterocycles. The van der Waals surface area contributed by atoms with E-state index in [1.165, 1.54) is 17.7 Å². The molecule has 0 heterocycles. The van der Waals surface area contributed by atoms with Gasteiger partial charge in [-0.05, 0) is 60.5 Å². The monoisotopic (exact) mass is 511 g/mol. The molecule has 0 unspecified atom stereocenters. The Kier molecular flexibility index (Phi) is 8.40. The minimum absolute atomic E-state index is 0.209. The smallest absolute Gasteiger partial charge is 0.162 e. The van der Waals surface area contributed by atoms with Gasteiger partial charge in [0.2, 0.25) is 0 Å². The molecule has 0 spiro atoms. The second-order valence-corrected chi connectivity index (χ2v) is 8.37. The molecule has 0 fully saturated rings. The van der Waals surface area contributed by atoms with Crippen molar-refractivity contribution in [2.75, 3.05) is 13.7 Å². The Balaban J connectivity index is 1.59. The Labute approximate surface area is 194 Å². The van der Waals surface area contributed by atoms with Gasteiger partial charge in [0.05, 0.1) is 12.1 Å². The van der Waals surface area contributed by atoms with E-state index >= 15 is 0 Å². The highest BCUT2D eigenvalue weighted by Gasteiger charge is 2.12. The predicted octanol–water partition coefficient (Wildman–Crippen LogP) is 6.81. The fourth-order valence-corrected chi connectivity index (χ4v) is 3.70. The van der Waals surface area contributed by atoms with Crippen LogP contribution < -0.4 is 14.8 Å². The molecule has 1 N–H and O–H groups in total. The highest BCUT2D eigenvalue weighted by Crippen LogP contribution is 2.34. The van der Waals surface area contributed by atoms with Crippen molar-refractivity contribution in [2.45, 2.75) is 19.6 Å². The molecular formula is C23H21BrCl2FNO2. The van der Waals surface area contributed by atoms with Gasteiger partial charge in [-0.25, -0.2) is 4.39 Å². The third-order valence-electron chi connectivity index (χ3n) is 4.55. The van der Waals surface area contributed by atoms with Crippen LogP contribution in [0.3, 0.4) is 0 Å². The third kappa shape index (κ3) is 6.35. The number of halogens is 4. The van der Waals surface area contributed by atoms with Crippen molar-refractivity contribution in [2.24, 2.45) is 0 Å². The van der Waals surface area contributed by atoms with E-state index in [2.05, 4.69) is 21.2 Å². The standard InChI is InChI=1S/C23H21BrCl2FNO2/c1-29-22-10-17(13-28-9-8-15-2-5-18(25)6-3-15)20(24)12-23(22)30-14-16-4-7-19(27)11-21(16)26/h2-7,10-12,28H,8-9,13-14H2,1H3. The first-order chi connectivity index (χ1) is 14.5. The Morgan fingerprint density at radius 3 is 2.43 bits per heavy atom. The first-order valence-corrected chi connectivity index (χ1v) is 10.9. The Bertz CT molecular complexity index is 999.